The summed E-state index contributed by atoms with van der Waals surface area (Å²) in [6.07, 6.45) is 2.17. The molecule has 0 saturated carbocycles. The minimum atomic E-state index is -0.406. The van der Waals surface area contributed by atoms with E-state index in [4.69, 9.17) is 4.74 Å². The van der Waals surface area contributed by atoms with Crippen molar-refractivity contribution in [1.82, 2.24) is 15.3 Å². The molecule has 0 saturated heterocycles. The van der Waals surface area contributed by atoms with Gasteiger partial charge in [-0.1, -0.05) is 30.8 Å². The molecule has 128 valence electrons. The number of benzene rings is 1. The summed E-state index contributed by atoms with van der Waals surface area (Å²) >= 11 is 1.35. The first-order valence-electron chi connectivity index (χ1n) is 7.66. The van der Waals surface area contributed by atoms with Crippen LogP contribution in [0.4, 0.5) is 0 Å². The second kappa shape index (κ2) is 8.54. The van der Waals surface area contributed by atoms with Gasteiger partial charge < -0.3 is 15.0 Å². The first-order chi connectivity index (χ1) is 11.5. The number of carbonyl (C=O) groups is 1. The van der Waals surface area contributed by atoms with Crippen LogP contribution in [0.3, 0.4) is 0 Å². The summed E-state index contributed by atoms with van der Waals surface area (Å²) in [4.78, 5) is 30.1. The predicted molar refractivity (Wildman–Crippen MR) is 94.4 cm³/mol. The van der Waals surface area contributed by atoms with Crippen LogP contribution in [0.1, 0.15) is 24.5 Å². The van der Waals surface area contributed by atoms with Gasteiger partial charge in [0.15, 0.2) is 0 Å². The van der Waals surface area contributed by atoms with Crippen LogP contribution in [-0.4, -0.2) is 28.2 Å². The Kier molecular flexibility index (Phi) is 6.43. The molecule has 0 aliphatic rings. The molecule has 0 spiro atoms. The van der Waals surface area contributed by atoms with Crippen molar-refractivity contribution < 1.29 is 9.53 Å². The Bertz CT molecular complexity index is 743. The lowest BCUT2D eigenvalue weighted by atomic mass is 10.2. The minimum Gasteiger partial charge on any atom is -0.497 e. The third-order valence-electron chi connectivity index (χ3n) is 3.50. The van der Waals surface area contributed by atoms with Gasteiger partial charge in [-0.05, 0) is 36.6 Å². The van der Waals surface area contributed by atoms with Gasteiger partial charge in [-0.3, -0.25) is 4.79 Å². The van der Waals surface area contributed by atoms with E-state index in [2.05, 4.69) is 15.3 Å². The number of rotatable bonds is 7. The number of nitrogens with zero attached hydrogens (tertiary/aromatic N) is 1. The SMILES string of the molecule is CCC(Sc1[nH]c(=O)ncc1C)C(=O)NCc1ccc(OC)cc1. The van der Waals surface area contributed by atoms with Gasteiger partial charge in [0.25, 0.3) is 0 Å². The van der Waals surface area contributed by atoms with Crippen molar-refractivity contribution in [2.45, 2.75) is 37.1 Å². The molecule has 1 aromatic heterocycles. The van der Waals surface area contributed by atoms with Gasteiger partial charge in [-0.2, -0.15) is 0 Å². The number of carbonyl (C=O) groups excluding carboxylic acids is 1. The minimum absolute atomic E-state index is 0.0598. The van der Waals surface area contributed by atoms with Gasteiger partial charge in [-0.25, -0.2) is 9.78 Å². The van der Waals surface area contributed by atoms with E-state index in [1.54, 1.807) is 7.11 Å². The highest BCUT2D eigenvalue weighted by atomic mass is 32.2. The summed E-state index contributed by atoms with van der Waals surface area (Å²) < 4.78 is 5.11. The van der Waals surface area contributed by atoms with Crippen LogP contribution in [0.2, 0.25) is 0 Å². The van der Waals surface area contributed by atoms with E-state index in [1.807, 2.05) is 38.1 Å². The van der Waals surface area contributed by atoms with Gasteiger partial charge in [0, 0.05) is 12.7 Å². The van der Waals surface area contributed by atoms with Crippen LogP contribution in [0.25, 0.3) is 0 Å². The Morgan fingerprint density at radius 2 is 2.08 bits per heavy atom. The topological polar surface area (TPSA) is 84.1 Å². The summed E-state index contributed by atoms with van der Waals surface area (Å²) in [7, 11) is 1.62. The van der Waals surface area contributed by atoms with E-state index in [0.29, 0.717) is 18.0 Å². The fourth-order valence-corrected chi connectivity index (χ4v) is 3.10. The number of amides is 1. The standard InChI is InChI=1S/C17H21N3O3S/c1-4-14(24-16-11(2)9-19-17(22)20-16)15(21)18-10-12-5-7-13(23-3)8-6-12/h5-9,14H,4,10H2,1-3H3,(H,18,21)(H,19,20,22). The van der Waals surface area contributed by atoms with Crippen LogP contribution in [0.5, 0.6) is 5.75 Å². The van der Waals surface area contributed by atoms with Gasteiger partial charge in [0.05, 0.1) is 17.4 Å². The normalized spacial score (nSPS) is 11.8. The van der Waals surface area contributed by atoms with Gasteiger partial charge >= 0.3 is 5.69 Å². The molecule has 1 aromatic carbocycles. The second-order valence-corrected chi connectivity index (χ2v) is 6.49. The summed E-state index contributed by atoms with van der Waals surface area (Å²) in [6, 6.07) is 7.55. The summed E-state index contributed by atoms with van der Waals surface area (Å²) in [5.41, 5.74) is 1.44. The Morgan fingerprint density at radius 3 is 2.71 bits per heavy atom. The van der Waals surface area contributed by atoms with Crippen molar-refractivity contribution in [2.75, 3.05) is 7.11 Å². The van der Waals surface area contributed by atoms with Crippen LogP contribution < -0.4 is 15.7 Å². The largest absolute Gasteiger partial charge is 0.497 e. The molecule has 7 heteroatoms. The zero-order valence-corrected chi connectivity index (χ0v) is 14.8. The third-order valence-corrected chi connectivity index (χ3v) is 4.99. The molecule has 0 bridgehead atoms. The van der Waals surface area contributed by atoms with Crippen molar-refractivity contribution in [1.29, 1.82) is 0 Å². The molecule has 0 aliphatic carbocycles. The average molecular weight is 347 g/mol. The number of thioether (sulfide) groups is 1. The lowest BCUT2D eigenvalue weighted by molar-refractivity contribution is -0.120. The van der Waals surface area contributed by atoms with Crippen LogP contribution in [0.15, 0.2) is 40.3 Å². The van der Waals surface area contributed by atoms with E-state index in [0.717, 1.165) is 16.9 Å². The molecule has 1 amide bonds. The highest BCUT2D eigenvalue weighted by molar-refractivity contribution is 8.00. The van der Waals surface area contributed by atoms with Crippen molar-refractivity contribution in [3.8, 4) is 5.75 Å². The fourth-order valence-electron chi connectivity index (χ4n) is 2.08. The van der Waals surface area contributed by atoms with Crippen molar-refractivity contribution in [2.24, 2.45) is 0 Å². The number of aromatic nitrogens is 2. The number of H-pyrrole nitrogens is 1. The maximum Gasteiger partial charge on any atom is 0.345 e. The first kappa shape index (κ1) is 18.1. The molecular weight excluding hydrogens is 326 g/mol. The molecule has 1 atom stereocenters. The van der Waals surface area contributed by atoms with Gasteiger partial charge in [-0.15, -0.1) is 0 Å². The zero-order chi connectivity index (χ0) is 17.5. The molecular formula is C17H21N3O3S. The Balaban J connectivity index is 1.97. The first-order valence-corrected chi connectivity index (χ1v) is 8.54. The number of aryl methyl sites for hydroxylation is 1. The molecule has 1 unspecified atom stereocenters. The summed E-state index contributed by atoms with van der Waals surface area (Å²) in [5.74, 6) is 0.722. The number of methoxy groups -OCH3 is 1. The van der Waals surface area contributed by atoms with E-state index >= 15 is 0 Å². The smallest absolute Gasteiger partial charge is 0.345 e. The Morgan fingerprint density at radius 1 is 1.38 bits per heavy atom. The molecule has 2 aromatic rings. The number of ether oxygens (including phenoxy) is 1. The molecule has 1 heterocycles. The van der Waals surface area contributed by atoms with Crippen LogP contribution in [0, 0.1) is 6.92 Å². The van der Waals surface area contributed by atoms with Crippen LogP contribution >= 0.6 is 11.8 Å². The number of nitrogens with one attached hydrogen (secondary N) is 2. The number of hydrogen-bond donors (Lipinski definition) is 2. The van der Waals surface area contributed by atoms with Crippen LogP contribution in [-0.2, 0) is 11.3 Å². The highest BCUT2D eigenvalue weighted by Crippen LogP contribution is 2.25. The van der Waals surface area contributed by atoms with Crippen molar-refractivity contribution in [3.05, 3.63) is 52.1 Å². The maximum absolute atomic E-state index is 12.4. The number of aromatic amines is 1. The predicted octanol–water partition coefficient (Wildman–Crippen LogP) is 2.27. The van der Waals surface area contributed by atoms with E-state index in [-0.39, 0.29) is 11.2 Å². The zero-order valence-electron chi connectivity index (χ0n) is 14.0. The Labute approximate surface area is 145 Å². The lowest BCUT2D eigenvalue weighted by Crippen LogP contribution is -2.32. The van der Waals surface area contributed by atoms with E-state index < -0.39 is 5.69 Å². The molecule has 0 radical (unpaired) electrons. The highest BCUT2D eigenvalue weighted by Gasteiger charge is 2.19. The number of hydrogen-bond acceptors (Lipinski definition) is 5. The lowest BCUT2D eigenvalue weighted by Gasteiger charge is -2.15. The monoisotopic (exact) mass is 347 g/mol. The van der Waals surface area contributed by atoms with E-state index in [1.165, 1.54) is 18.0 Å². The summed E-state index contributed by atoms with van der Waals surface area (Å²) in [5, 5.41) is 3.34. The van der Waals surface area contributed by atoms with Crippen molar-refractivity contribution in [3.63, 3.8) is 0 Å². The van der Waals surface area contributed by atoms with Gasteiger partial charge in [0.1, 0.15) is 5.75 Å². The molecule has 6 nitrogen and oxygen atoms in total. The Hall–Kier alpha value is -2.28. The van der Waals surface area contributed by atoms with Gasteiger partial charge in [0.2, 0.25) is 5.91 Å². The molecule has 2 rings (SSSR count). The summed E-state index contributed by atoms with van der Waals surface area (Å²) in [6.45, 7) is 4.25. The molecule has 24 heavy (non-hydrogen) atoms. The molecule has 2 N–H and O–H groups in total. The third kappa shape index (κ3) is 4.86. The quantitative estimate of drug-likeness (QED) is 0.593. The van der Waals surface area contributed by atoms with E-state index in [9.17, 15) is 9.59 Å². The second-order valence-electron chi connectivity index (χ2n) is 5.28. The maximum atomic E-state index is 12.4. The molecule has 0 aliphatic heterocycles. The molecule has 0 fully saturated rings. The fraction of sp³-hybridized carbons (Fsp3) is 0.353. The average Bonchev–Trinajstić information content (AvgIpc) is 2.60. The van der Waals surface area contributed by atoms with Crippen molar-refractivity contribution >= 4 is 17.7 Å².